The maximum Gasteiger partial charge on any atom is 0.308 e. The quantitative estimate of drug-likeness (QED) is 0.759. The van der Waals surface area contributed by atoms with Crippen LogP contribution < -0.4 is 9.46 Å². The van der Waals surface area contributed by atoms with Crippen molar-refractivity contribution >= 4 is 67.3 Å². The van der Waals surface area contributed by atoms with Gasteiger partial charge in [-0.05, 0) is 19.1 Å². The standard InChI is InChI=1S/C12H9Cl3N2O4S2/c1-5-11(21-6(2)18)22-12(16-5)17-23(19,20)10-8(14)3-7(13)4-9(10)15/h3-4H,1-2H3,(H,16,17). The summed E-state index contributed by atoms with van der Waals surface area (Å²) in [7, 11) is -4.09. The second kappa shape index (κ2) is 6.82. The summed E-state index contributed by atoms with van der Waals surface area (Å²) in [6.07, 6.45) is 0. The van der Waals surface area contributed by atoms with Gasteiger partial charge in [-0.25, -0.2) is 13.4 Å². The molecule has 0 unspecified atom stereocenters. The molecule has 23 heavy (non-hydrogen) atoms. The zero-order valence-electron chi connectivity index (χ0n) is 11.7. The fourth-order valence-electron chi connectivity index (χ4n) is 1.60. The van der Waals surface area contributed by atoms with E-state index in [2.05, 4.69) is 9.71 Å². The third-order valence-electron chi connectivity index (χ3n) is 2.44. The van der Waals surface area contributed by atoms with Gasteiger partial charge >= 0.3 is 5.97 Å². The Labute approximate surface area is 151 Å². The first kappa shape index (κ1) is 18.3. The summed E-state index contributed by atoms with van der Waals surface area (Å²) in [6.45, 7) is 2.81. The number of aromatic nitrogens is 1. The number of nitrogens with one attached hydrogen (secondary N) is 1. The summed E-state index contributed by atoms with van der Waals surface area (Å²) in [5.74, 6) is -0.532. The lowest BCUT2D eigenvalue weighted by atomic mass is 10.4. The summed E-state index contributed by atoms with van der Waals surface area (Å²) in [5.41, 5.74) is 0.371. The van der Waals surface area contributed by atoms with Crippen LogP contribution in [0.15, 0.2) is 17.0 Å². The van der Waals surface area contributed by atoms with Crippen LogP contribution in [0.25, 0.3) is 0 Å². The smallest absolute Gasteiger partial charge is 0.308 e. The second-order valence-corrected chi connectivity index (χ2v) is 8.12. The van der Waals surface area contributed by atoms with Crippen LogP contribution in [-0.4, -0.2) is 19.4 Å². The van der Waals surface area contributed by atoms with E-state index in [0.717, 1.165) is 11.3 Å². The highest BCUT2D eigenvalue weighted by Gasteiger charge is 2.24. The van der Waals surface area contributed by atoms with Gasteiger partial charge in [0.15, 0.2) is 5.13 Å². The number of carbonyl (C=O) groups is 1. The van der Waals surface area contributed by atoms with Crippen LogP contribution in [0.4, 0.5) is 5.13 Å². The molecular weight excluding hydrogens is 407 g/mol. The van der Waals surface area contributed by atoms with Crippen molar-refractivity contribution in [2.75, 3.05) is 4.72 Å². The molecule has 124 valence electrons. The van der Waals surface area contributed by atoms with Crippen LogP contribution in [0.3, 0.4) is 0 Å². The van der Waals surface area contributed by atoms with E-state index in [9.17, 15) is 13.2 Å². The van der Waals surface area contributed by atoms with Gasteiger partial charge in [-0.3, -0.25) is 9.52 Å². The Morgan fingerprint density at radius 3 is 2.35 bits per heavy atom. The molecule has 0 fully saturated rings. The van der Waals surface area contributed by atoms with Crippen LogP contribution in [0.2, 0.25) is 15.1 Å². The Hall–Kier alpha value is -1.06. The number of nitrogens with zero attached hydrogens (tertiary/aromatic N) is 1. The number of benzene rings is 1. The first-order valence-electron chi connectivity index (χ1n) is 5.93. The Balaban J connectivity index is 2.38. The van der Waals surface area contributed by atoms with Gasteiger partial charge in [0.05, 0.1) is 15.7 Å². The lowest BCUT2D eigenvalue weighted by Crippen LogP contribution is -2.14. The van der Waals surface area contributed by atoms with Crippen molar-refractivity contribution in [2.24, 2.45) is 0 Å². The molecular formula is C12H9Cl3N2O4S2. The Kier molecular flexibility index (Phi) is 5.42. The number of sulfonamides is 1. The predicted molar refractivity (Wildman–Crippen MR) is 90.4 cm³/mol. The molecule has 0 spiro atoms. The molecule has 1 heterocycles. The molecule has 0 saturated carbocycles. The Bertz CT molecular complexity index is 857. The number of aryl methyl sites for hydroxylation is 1. The van der Waals surface area contributed by atoms with E-state index in [-0.39, 0.29) is 30.2 Å². The molecule has 0 atom stereocenters. The number of anilines is 1. The minimum Gasteiger partial charge on any atom is -0.413 e. The van der Waals surface area contributed by atoms with Gasteiger partial charge in [-0.15, -0.1) is 0 Å². The minimum absolute atomic E-state index is 0.0147. The largest absolute Gasteiger partial charge is 0.413 e. The molecule has 0 bridgehead atoms. The first-order valence-corrected chi connectivity index (χ1v) is 9.36. The summed E-state index contributed by atoms with van der Waals surface area (Å²) in [4.78, 5) is 14.7. The van der Waals surface area contributed by atoms with Crippen LogP contribution in [0.1, 0.15) is 12.6 Å². The van der Waals surface area contributed by atoms with Gasteiger partial charge in [-0.1, -0.05) is 46.1 Å². The number of thiazole rings is 1. The molecule has 0 aliphatic heterocycles. The van der Waals surface area contributed by atoms with E-state index in [1.807, 2.05) is 0 Å². The van der Waals surface area contributed by atoms with Gasteiger partial charge in [0.1, 0.15) is 4.90 Å². The Morgan fingerprint density at radius 2 is 1.83 bits per heavy atom. The van der Waals surface area contributed by atoms with Gasteiger partial charge in [0.2, 0.25) is 5.06 Å². The van der Waals surface area contributed by atoms with E-state index >= 15 is 0 Å². The van der Waals surface area contributed by atoms with Gasteiger partial charge in [0.25, 0.3) is 10.0 Å². The monoisotopic (exact) mass is 414 g/mol. The fourth-order valence-corrected chi connectivity index (χ4v) is 5.24. The third kappa shape index (κ3) is 4.27. The van der Waals surface area contributed by atoms with E-state index in [0.29, 0.717) is 5.69 Å². The highest BCUT2D eigenvalue weighted by atomic mass is 35.5. The number of hydrogen-bond donors (Lipinski definition) is 1. The van der Waals surface area contributed by atoms with E-state index in [4.69, 9.17) is 39.5 Å². The molecule has 1 aromatic heterocycles. The molecule has 0 aliphatic carbocycles. The Morgan fingerprint density at radius 1 is 1.26 bits per heavy atom. The molecule has 0 radical (unpaired) electrons. The van der Waals surface area contributed by atoms with Crippen molar-refractivity contribution in [1.29, 1.82) is 0 Å². The number of carbonyl (C=O) groups excluding carboxylic acids is 1. The van der Waals surface area contributed by atoms with Crippen molar-refractivity contribution in [2.45, 2.75) is 18.7 Å². The lowest BCUT2D eigenvalue weighted by molar-refractivity contribution is -0.131. The van der Waals surface area contributed by atoms with E-state index in [1.165, 1.54) is 19.1 Å². The van der Waals surface area contributed by atoms with Gasteiger partial charge in [-0.2, -0.15) is 0 Å². The molecule has 0 amide bonds. The number of halogens is 3. The van der Waals surface area contributed by atoms with Crippen molar-refractivity contribution in [3.63, 3.8) is 0 Å². The predicted octanol–water partition coefficient (Wildman–Crippen LogP) is 4.14. The van der Waals surface area contributed by atoms with Crippen molar-refractivity contribution in [1.82, 2.24) is 4.98 Å². The molecule has 0 saturated heterocycles. The van der Waals surface area contributed by atoms with Crippen molar-refractivity contribution in [3.05, 3.63) is 32.9 Å². The molecule has 1 aromatic carbocycles. The molecule has 2 rings (SSSR count). The summed E-state index contributed by atoms with van der Waals surface area (Å²) >= 11 is 18.5. The summed E-state index contributed by atoms with van der Waals surface area (Å²) in [5, 5.41) is 0.178. The fraction of sp³-hybridized carbons (Fsp3) is 0.167. The lowest BCUT2D eigenvalue weighted by Gasteiger charge is -2.09. The summed E-state index contributed by atoms with van der Waals surface area (Å²) < 4.78 is 32.0. The van der Waals surface area contributed by atoms with Crippen molar-refractivity contribution in [3.8, 4) is 5.06 Å². The number of hydrogen-bond acceptors (Lipinski definition) is 6. The SMILES string of the molecule is CC(=O)Oc1sc(NS(=O)(=O)c2c(Cl)cc(Cl)cc2Cl)nc1C. The van der Waals surface area contributed by atoms with E-state index in [1.54, 1.807) is 6.92 Å². The minimum atomic E-state index is -4.09. The van der Waals surface area contributed by atoms with Crippen LogP contribution in [0, 0.1) is 6.92 Å². The molecule has 6 nitrogen and oxygen atoms in total. The maximum atomic E-state index is 12.4. The topological polar surface area (TPSA) is 85.4 Å². The highest BCUT2D eigenvalue weighted by Crippen LogP contribution is 2.36. The second-order valence-electron chi connectivity index (χ2n) is 4.29. The van der Waals surface area contributed by atoms with Crippen LogP contribution in [-0.2, 0) is 14.8 Å². The van der Waals surface area contributed by atoms with E-state index < -0.39 is 16.0 Å². The molecule has 11 heteroatoms. The zero-order valence-corrected chi connectivity index (χ0v) is 15.6. The number of esters is 1. The molecule has 1 N–H and O–H groups in total. The highest BCUT2D eigenvalue weighted by molar-refractivity contribution is 7.93. The third-order valence-corrected chi connectivity index (χ3v) is 6.00. The zero-order chi connectivity index (χ0) is 17.4. The van der Waals surface area contributed by atoms with Crippen molar-refractivity contribution < 1.29 is 17.9 Å². The number of rotatable bonds is 4. The van der Waals surface area contributed by atoms with Gasteiger partial charge in [0, 0.05) is 11.9 Å². The molecule has 0 aliphatic rings. The van der Waals surface area contributed by atoms with Crippen LogP contribution >= 0.6 is 46.1 Å². The van der Waals surface area contributed by atoms with Gasteiger partial charge < -0.3 is 4.74 Å². The maximum absolute atomic E-state index is 12.4. The number of ether oxygens (including phenoxy) is 1. The summed E-state index contributed by atoms with van der Waals surface area (Å²) in [6, 6.07) is 2.53. The average molecular weight is 416 g/mol. The normalized spacial score (nSPS) is 11.3. The first-order chi connectivity index (χ1) is 10.6. The average Bonchev–Trinajstić information content (AvgIpc) is 2.65. The van der Waals surface area contributed by atoms with Crippen LogP contribution in [0.5, 0.6) is 5.06 Å². The molecule has 2 aromatic rings.